The van der Waals surface area contributed by atoms with Gasteiger partial charge in [0.2, 0.25) is 5.13 Å². The number of amides is 1. The average molecular weight is 304 g/mol. The predicted octanol–water partition coefficient (Wildman–Crippen LogP) is 2.96. The van der Waals surface area contributed by atoms with Crippen molar-refractivity contribution in [3.05, 3.63) is 40.9 Å². The van der Waals surface area contributed by atoms with Crippen LogP contribution in [0.5, 0.6) is 5.75 Å². The Labute approximate surface area is 127 Å². The number of aromatic nitrogens is 1. The number of hydrogen-bond donors (Lipinski definition) is 1. The highest BCUT2D eigenvalue weighted by Gasteiger charge is 2.09. The second-order valence-corrected chi connectivity index (χ2v) is 5.32. The zero-order valence-corrected chi connectivity index (χ0v) is 12.8. The second kappa shape index (κ2) is 6.85. The van der Waals surface area contributed by atoms with Crippen LogP contribution in [0.15, 0.2) is 34.7 Å². The summed E-state index contributed by atoms with van der Waals surface area (Å²) in [5.74, 6) is 0.456. The molecule has 0 atom stereocenters. The van der Waals surface area contributed by atoms with Crippen LogP contribution in [0.25, 0.3) is 0 Å². The first-order chi connectivity index (χ1) is 10.1. The molecule has 1 N–H and O–H groups in total. The lowest BCUT2D eigenvalue weighted by molar-refractivity contribution is 0.172. The number of ether oxygens (including phenoxy) is 1. The van der Waals surface area contributed by atoms with Crippen LogP contribution in [0, 0.1) is 6.92 Å². The molecule has 0 aliphatic carbocycles. The minimum atomic E-state index is -0.431. The van der Waals surface area contributed by atoms with Crippen molar-refractivity contribution in [3.8, 4) is 5.75 Å². The molecule has 1 amide bonds. The smallest absolute Gasteiger partial charge is 0.410 e. The second-order valence-electron chi connectivity index (χ2n) is 4.46. The maximum absolute atomic E-state index is 11.6. The lowest BCUT2D eigenvalue weighted by atomic mass is 10.2. The summed E-state index contributed by atoms with van der Waals surface area (Å²) < 4.78 is 5.27. The van der Waals surface area contributed by atoms with Gasteiger partial charge in [0.15, 0.2) is 0 Å². The third-order valence-electron chi connectivity index (χ3n) is 2.46. The molecule has 6 nitrogen and oxygen atoms in total. The van der Waals surface area contributed by atoms with Gasteiger partial charge in [-0.25, -0.2) is 9.78 Å². The number of aryl methyl sites for hydroxylation is 1. The normalized spacial score (nSPS) is 10.6. The summed E-state index contributed by atoms with van der Waals surface area (Å²) in [4.78, 5) is 17.2. The Hall–Kier alpha value is -2.41. The fraction of sp³-hybridized carbons (Fsp3) is 0.214. The molecule has 0 fully saturated rings. The molecule has 0 saturated heterocycles. The maximum atomic E-state index is 11.6. The molecule has 0 unspecified atom stereocenters. The number of carbonyl (C=O) groups excluding carboxylic acids is 1. The number of rotatable bonds is 4. The van der Waals surface area contributed by atoms with Crippen molar-refractivity contribution in [2.75, 3.05) is 19.5 Å². The van der Waals surface area contributed by atoms with E-state index in [1.807, 2.05) is 24.4 Å². The Bertz CT molecular complexity index is 652. The monoisotopic (exact) mass is 304 g/mol. The minimum Gasteiger partial charge on any atom is -0.410 e. The van der Waals surface area contributed by atoms with Crippen molar-refractivity contribution < 1.29 is 9.53 Å². The van der Waals surface area contributed by atoms with Gasteiger partial charge >= 0.3 is 6.09 Å². The summed E-state index contributed by atoms with van der Waals surface area (Å²) in [5, 5.41) is 6.76. The van der Waals surface area contributed by atoms with E-state index in [4.69, 9.17) is 4.74 Å². The van der Waals surface area contributed by atoms with Gasteiger partial charge < -0.3 is 9.64 Å². The molecule has 1 aromatic heterocycles. The summed E-state index contributed by atoms with van der Waals surface area (Å²) in [6, 6.07) is 7.18. The van der Waals surface area contributed by atoms with Crippen molar-refractivity contribution in [2.24, 2.45) is 5.10 Å². The van der Waals surface area contributed by atoms with Gasteiger partial charge in [0.05, 0.1) is 11.9 Å². The average Bonchev–Trinajstić information content (AvgIpc) is 2.86. The van der Waals surface area contributed by atoms with Crippen LogP contribution in [0.3, 0.4) is 0 Å². The lowest BCUT2D eigenvalue weighted by Crippen LogP contribution is -2.25. The zero-order chi connectivity index (χ0) is 15.2. The van der Waals surface area contributed by atoms with E-state index >= 15 is 0 Å². The molecule has 110 valence electrons. The number of anilines is 1. The number of hydrogen-bond acceptors (Lipinski definition) is 6. The van der Waals surface area contributed by atoms with Gasteiger partial charge in [-0.15, -0.1) is 11.3 Å². The fourth-order valence-electron chi connectivity index (χ4n) is 1.43. The quantitative estimate of drug-likeness (QED) is 0.696. The summed E-state index contributed by atoms with van der Waals surface area (Å²) in [5.41, 5.74) is 4.49. The molecule has 0 spiro atoms. The first kappa shape index (κ1) is 15.0. The van der Waals surface area contributed by atoms with Gasteiger partial charge in [0.1, 0.15) is 5.75 Å². The molecule has 21 heavy (non-hydrogen) atoms. The van der Waals surface area contributed by atoms with E-state index in [1.54, 1.807) is 32.4 Å². The van der Waals surface area contributed by atoms with Crippen LogP contribution in [-0.2, 0) is 0 Å². The van der Waals surface area contributed by atoms with Gasteiger partial charge in [-0.1, -0.05) is 12.1 Å². The molecule has 0 aliphatic rings. The highest BCUT2D eigenvalue weighted by molar-refractivity contribution is 7.13. The first-order valence-corrected chi connectivity index (χ1v) is 7.13. The third-order valence-corrected chi connectivity index (χ3v) is 3.33. The van der Waals surface area contributed by atoms with Crippen molar-refractivity contribution in [3.63, 3.8) is 0 Å². The van der Waals surface area contributed by atoms with Crippen molar-refractivity contribution in [1.29, 1.82) is 0 Å². The summed E-state index contributed by atoms with van der Waals surface area (Å²) in [6.07, 6.45) is 1.16. The van der Waals surface area contributed by atoms with E-state index < -0.39 is 6.09 Å². The topological polar surface area (TPSA) is 66.8 Å². The molecular formula is C14H16N4O2S. The molecule has 2 aromatic rings. The molecular weight excluding hydrogens is 288 g/mol. The summed E-state index contributed by atoms with van der Waals surface area (Å²) >= 11 is 1.48. The fourth-order valence-corrected chi connectivity index (χ4v) is 2.06. The van der Waals surface area contributed by atoms with Crippen LogP contribution in [0.4, 0.5) is 9.93 Å². The maximum Gasteiger partial charge on any atom is 0.414 e. The van der Waals surface area contributed by atoms with Crippen LogP contribution >= 0.6 is 11.3 Å². The SMILES string of the molecule is Cc1csc(NN=Cc2ccccc2OC(=O)N(C)C)n1. The Kier molecular flexibility index (Phi) is 4.89. The molecule has 1 aromatic carbocycles. The Morgan fingerprint density at radius 1 is 1.43 bits per heavy atom. The molecule has 0 radical (unpaired) electrons. The van der Waals surface area contributed by atoms with Crippen molar-refractivity contribution in [1.82, 2.24) is 9.88 Å². The molecule has 2 rings (SSSR count). The highest BCUT2D eigenvalue weighted by Crippen LogP contribution is 2.17. The van der Waals surface area contributed by atoms with E-state index in [-0.39, 0.29) is 0 Å². The summed E-state index contributed by atoms with van der Waals surface area (Å²) in [6.45, 7) is 1.92. The number of nitrogens with one attached hydrogen (secondary N) is 1. The minimum absolute atomic E-state index is 0.431. The largest absolute Gasteiger partial charge is 0.414 e. The molecule has 7 heteroatoms. The lowest BCUT2D eigenvalue weighted by Gasteiger charge is -2.11. The number of benzene rings is 1. The van der Waals surface area contributed by atoms with Gasteiger partial charge in [-0.2, -0.15) is 5.10 Å². The van der Waals surface area contributed by atoms with Crippen LogP contribution in [0.1, 0.15) is 11.3 Å². The molecule has 1 heterocycles. The van der Waals surface area contributed by atoms with Gasteiger partial charge in [0.25, 0.3) is 0 Å². The van der Waals surface area contributed by atoms with Crippen LogP contribution < -0.4 is 10.2 Å². The standard InChI is InChI=1S/C14H16N4O2S/c1-10-9-21-13(16-10)17-15-8-11-6-4-5-7-12(11)20-14(19)18(2)3/h4-9H,1-3H3,(H,16,17). The molecule has 0 saturated carbocycles. The number of carbonyl (C=O) groups is 1. The van der Waals surface area contributed by atoms with Gasteiger partial charge in [0, 0.05) is 25.0 Å². The van der Waals surface area contributed by atoms with Crippen molar-refractivity contribution >= 4 is 28.8 Å². The van der Waals surface area contributed by atoms with Crippen LogP contribution in [-0.4, -0.2) is 36.3 Å². The highest BCUT2D eigenvalue weighted by atomic mass is 32.1. The predicted molar refractivity (Wildman–Crippen MR) is 84.2 cm³/mol. The van der Waals surface area contributed by atoms with E-state index in [2.05, 4.69) is 15.5 Å². The number of nitrogens with zero attached hydrogens (tertiary/aromatic N) is 3. The molecule has 0 aliphatic heterocycles. The number of hydrazone groups is 1. The van der Waals surface area contributed by atoms with Gasteiger partial charge in [-0.3, -0.25) is 5.43 Å². The Balaban J connectivity index is 2.07. The van der Waals surface area contributed by atoms with Crippen molar-refractivity contribution in [2.45, 2.75) is 6.92 Å². The molecule has 0 bridgehead atoms. The van der Waals surface area contributed by atoms with E-state index in [1.165, 1.54) is 16.2 Å². The third kappa shape index (κ3) is 4.28. The van der Waals surface area contributed by atoms with E-state index in [9.17, 15) is 4.79 Å². The Morgan fingerprint density at radius 2 is 2.19 bits per heavy atom. The van der Waals surface area contributed by atoms with E-state index in [0.717, 1.165) is 5.69 Å². The van der Waals surface area contributed by atoms with Crippen LogP contribution in [0.2, 0.25) is 0 Å². The van der Waals surface area contributed by atoms with Gasteiger partial charge in [-0.05, 0) is 19.1 Å². The van der Waals surface area contributed by atoms with E-state index in [0.29, 0.717) is 16.4 Å². The Morgan fingerprint density at radius 3 is 2.86 bits per heavy atom. The first-order valence-electron chi connectivity index (χ1n) is 6.25. The number of thiazole rings is 1. The zero-order valence-electron chi connectivity index (χ0n) is 12.0. The number of para-hydroxylation sites is 1. The summed E-state index contributed by atoms with van der Waals surface area (Å²) in [7, 11) is 3.26.